The topological polar surface area (TPSA) is 75.4 Å². The second kappa shape index (κ2) is 9.38. The lowest BCUT2D eigenvalue weighted by Crippen LogP contribution is -2.58. The van der Waals surface area contributed by atoms with Crippen molar-refractivity contribution in [2.75, 3.05) is 13.1 Å². The summed E-state index contributed by atoms with van der Waals surface area (Å²) >= 11 is 0. The van der Waals surface area contributed by atoms with Gasteiger partial charge in [0.15, 0.2) is 0 Å². The van der Waals surface area contributed by atoms with Gasteiger partial charge in [-0.3, -0.25) is 9.59 Å². The van der Waals surface area contributed by atoms with Crippen LogP contribution in [0.15, 0.2) is 30.3 Å². The molecule has 6 heteroatoms. The number of carbonyl (C=O) groups excluding carboxylic acids is 2. The fourth-order valence-electron chi connectivity index (χ4n) is 3.99. The Kier molecular flexibility index (Phi) is 7.47. The molecule has 26 heavy (non-hydrogen) atoms. The average molecular weight is 380 g/mol. The summed E-state index contributed by atoms with van der Waals surface area (Å²) in [5.41, 5.74) is 6.81. The second-order valence-electron chi connectivity index (χ2n) is 7.49. The summed E-state index contributed by atoms with van der Waals surface area (Å²) in [6.07, 6.45) is 6.30. The van der Waals surface area contributed by atoms with Crippen molar-refractivity contribution in [1.82, 2.24) is 10.2 Å². The monoisotopic (exact) mass is 379 g/mol. The summed E-state index contributed by atoms with van der Waals surface area (Å²) in [4.78, 5) is 27.0. The van der Waals surface area contributed by atoms with E-state index in [2.05, 4.69) is 5.32 Å². The van der Waals surface area contributed by atoms with E-state index in [4.69, 9.17) is 5.73 Å². The van der Waals surface area contributed by atoms with E-state index in [9.17, 15) is 9.59 Å². The highest BCUT2D eigenvalue weighted by molar-refractivity contribution is 5.87. The smallest absolute Gasteiger partial charge is 0.242 e. The van der Waals surface area contributed by atoms with Gasteiger partial charge in [-0.2, -0.15) is 0 Å². The molecular formula is C20H30ClN3O2. The highest BCUT2D eigenvalue weighted by atomic mass is 35.5. The molecule has 0 unspecified atom stereocenters. The number of nitrogens with zero attached hydrogens (tertiary/aromatic N) is 1. The Morgan fingerprint density at radius 3 is 2.31 bits per heavy atom. The van der Waals surface area contributed by atoms with Gasteiger partial charge < -0.3 is 16.0 Å². The van der Waals surface area contributed by atoms with Crippen LogP contribution in [0.3, 0.4) is 0 Å². The van der Waals surface area contributed by atoms with Crippen molar-refractivity contribution in [3.8, 4) is 0 Å². The van der Waals surface area contributed by atoms with E-state index < -0.39 is 5.54 Å². The Labute approximate surface area is 162 Å². The molecule has 3 N–H and O–H groups in total. The number of halogens is 1. The maximum absolute atomic E-state index is 12.8. The van der Waals surface area contributed by atoms with Gasteiger partial charge in [-0.25, -0.2) is 0 Å². The molecule has 2 fully saturated rings. The molecule has 0 spiro atoms. The molecular weight excluding hydrogens is 350 g/mol. The second-order valence-corrected chi connectivity index (χ2v) is 7.49. The number of hydrogen-bond acceptors (Lipinski definition) is 3. The molecule has 1 saturated carbocycles. The van der Waals surface area contributed by atoms with E-state index >= 15 is 0 Å². The molecule has 1 heterocycles. The van der Waals surface area contributed by atoms with Crippen molar-refractivity contribution in [3.63, 3.8) is 0 Å². The standard InChI is InChI=1S/C20H29N3O2.ClH/c21-20(11-5-2-6-12-20)19(25)23-13-9-17(10-14-23)18(24)22-15-16-7-3-1-4-8-16;/h1,3-4,7-8,17H,2,5-6,9-15,21H2,(H,22,24);1H. The summed E-state index contributed by atoms with van der Waals surface area (Å²) in [6, 6.07) is 9.92. The third-order valence-electron chi connectivity index (χ3n) is 5.63. The normalized spacial score (nSPS) is 20.1. The summed E-state index contributed by atoms with van der Waals surface area (Å²) in [6.45, 7) is 1.84. The van der Waals surface area contributed by atoms with Crippen LogP contribution in [-0.2, 0) is 16.1 Å². The van der Waals surface area contributed by atoms with E-state index in [0.717, 1.165) is 44.1 Å². The maximum Gasteiger partial charge on any atom is 0.242 e. The van der Waals surface area contributed by atoms with Gasteiger partial charge >= 0.3 is 0 Å². The van der Waals surface area contributed by atoms with Gasteiger partial charge in [0.05, 0.1) is 5.54 Å². The minimum Gasteiger partial charge on any atom is -0.352 e. The van der Waals surface area contributed by atoms with E-state index in [1.807, 2.05) is 35.2 Å². The quantitative estimate of drug-likeness (QED) is 0.844. The summed E-state index contributed by atoms with van der Waals surface area (Å²) in [5.74, 6) is 0.180. The van der Waals surface area contributed by atoms with Crippen LogP contribution in [0.5, 0.6) is 0 Å². The lowest BCUT2D eigenvalue weighted by atomic mass is 9.81. The molecule has 3 rings (SSSR count). The molecule has 5 nitrogen and oxygen atoms in total. The Balaban J connectivity index is 0.00000243. The number of nitrogens with two attached hydrogens (primary N) is 1. The predicted molar refractivity (Wildman–Crippen MR) is 105 cm³/mol. The Bertz CT molecular complexity index is 594. The summed E-state index contributed by atoms with van der Waals surface area (Å²) in [5, 5.41) is 3.02. The molecule has 144 valence electrons. The molecule has 1 aromatic rings. The van der Waals surface area contributed by atoms with Crippen molar-refractivity contribution in [2.45, 2.75) is 57.0 Å². The van der Waals surface area contributed by atoms with Crippen LogP contribution in [0.4, 0.5) is 0 Å². The fraction of sp³-hybridized carbons (Fsp3) is 0.600. The van der Waals surface area contributed by atoms with Crippen LogP contribution in [0.25, 0.3) is 0 Å². The van der Waals surface area contributed by atoms with Crippen LogP contribution in [0.1, 0.15) is 50.5 Å². The average Bonchev–Trinajstić information content (AvgIpc) is 2.67. The zero-order valence-corrected chi connectivity index (χ0v) is 16.1. The molecule has 0 radical (unpaired) electrons. The van der Waals surface area contributed by atoms with E-state index in [1.165, 1.54) is 6.42 Å². The number of amides is 2. The first-order valence-corrected chi connectivity index (χ1v) is 9.48. The SMILES string of the molecule is Cl.NC1(C(=O)N2CCC(C(=O)NCc3ccccc3)CC2)CCCCC1. The Morgan fingerprint density at radius 1 is 1.08 bits per heavy atom. The largest absolute Gasteiger partial charge is 0.352 e. The molecule has 2 aliphatic rings. The number of piperidine rings is 1. The first-order valence-electron chi connectivity index (χ1n) is 9.48. The lowest BCUT2D eigenvalue weighted by molar-refractivity contribution is -0.141. The van der Waals surface area contributed by atoms with Gasteiger partial charge in [0.1, 0.15) is 0 Å². The van der Waals surface area contributed by atoms with Gasteiger partial charge in [-0.15, -0.1) is 12.4 Å². The maximum atomic E-state index is 12.8. The van der Waals surface area contributed by atoms with Gasteiger partial charge in [-0.1, -0.05) is 49.6 Å². The Hall–Kier alpha value is -1.59. The first-order chi connectivity index (χ1) is 12.1. The van der Waals surface area contributed by atoms with Crippen LogP contribution < -0.4 is 11.1 Å². The predicted octanol–water partition coefficient (Wildman–Crippen LogP) is 2.62. The van der Waals surface area contributed by atoms with E-state index in [-0.39, 0.29) is 30.1 Å². The molecule has 2 amide bonds. The number of likely N-dealkylation sites (tertiary alicyclic amines) is 1. The molecule has 0 bridgehead atoms. The molecule has 1 aliphatic heterocycles. The van der Waals surface area contributed by atoms with Crippen molar-refractivity contribution in [2.24, 2.45) is 11.7 Å². The zero-order chi connectivity index (χ0) is 17.7. The highest BCUT2D eigenvalue weighted by Gasteiger charge is 2.39. The minimum absolute atomic E-state index is 0. The molecule has 1 saturated heterocycles. The molecule has 1 aromatic carbocycles. The third-order valence-corrected chi connectivity index (χ3v) is 5.63. The molecule has 1 aliphatic carbocycles. The number of benzene rings is 1. The van der Waals surface area contributed by atoms with Crippen LogP contribution >= 0.6 is 12.4 Å². The molecule has 0 atom stereocenters. The van der Waals surface area contributed by atoms with Crippen LogP contribution in [0, 0.1) is 5.92 Å². The van der Waals surface area contributed by atoms with Crippen molar-refractivity contribution in [3.05, 3.63) is 35.9 Å². The summed E-state index contributed by atoms with van der Waals surface area (Å²) < 4.78 is 0. The fourth-order valence-corrected chi connectivity index (χ4v) is 3.99. The number of hydrogen-bond donors (Lipinski definition) is 2. The number of carbonyl (C=O) groups is 2. The van der Waals surface area contributed by atoms with Crippen molar-refractivity contribution >= 4 is 24.2 Å². The number of nitrogens with one attached hydrogen (secondary N) is 1. The van der Waals surface area contributed by atoms with Gasteiger partial charge in [0.25, 0.3) is 0 Å². The number of rotatable bonds is 4. The van der Waals surface area contributed by atoms with Crippen molar-refractivity contribution < 1.29 is 9.59 Å². The molecule has 0 aromatic heterocycles. The minimum atomic E-state index is -0.666. The van der Waals surface area contributed by atoms with Crippen LogP contribution in [-0.4, -0.2) is 35.3 Å². The zero-order valence-electron chi connectivity index (χ0n) is 15.3. The third kappa shape index (κ3) is 4.98. The van der Waals surface area contributed by atoms with Gasteiger partial charge in [-0.05, 0) is 31.2 Å². The first kappa shape index (κ1) is 20.7. The van der Waals surface area contributed by atoms with Gasteiger partial charge in [0, 0.05) is 25.6 Å². The van der Waals surface area contributed by atoms with E-state index in [1.54, 1.807) is 0 Å². The van der Waals surface area contributed by atoms with Crippen LogP contribution in [0.2, 0.25) is 0 Å². The lowest BCUT2D eigenvalue weighted by Gasteiger charge is -2.39. The van der Waals surface area contributed by atoms with Crippen molar-refractivity contribution in [1.29, 1.82) is 0 Å². The highest BCUT2D eigenvalue weighted by Crippen LogP contribution is 2.29. The van der Waals surface area contributed by atoms with Gasteiger partial charge in [0.2, 0.25) is 11.8 Å². The van der Waals surface area contributed by atoms with E-state index in [0.29, 0.717) is 19.6 Å². The Morgan fingerprint density at radius 2 is 1.69 bits per heavy atom. The summed E-state index contributed by atoms with van der Waals surface area (Å²) in [7, 11) is 0.